The molecule has 0 N–H and O–H groups in total. The molecule has 5 aliphatic rings. The Bertz CT molecular complexity index is 2970. The highest BCUT2D eigenvalue weighted by Crippen LogP contribution is 2.41. The molecule has 23 atom stereocenters. The highest BCUT2D eigenvalue weighted by atomic mass is 16.8. The quantitative estimate of drug-likeness (QED) is 0.0375. The van der Waals surface area contributed by atoms with Crippen molar-refractivity contribution < 1.29 is 124 Å². The van der Waals surface area contributed by atoms with Gasteiger partial charge in [0.25, 0.3) is 0 Å². The van der Waals surface area contributed by atoms with Crippen molar-refractivity contribution in [3.63, 3.8) is 0 Å². The zero-order valence-electron chi connectivity index (χ0n) is 49.0. The molecule has 0 radical (unpaired) electrons. The molecule has 0 amide bonds. The van der Waals surface area contributed by atoms with Gasteiger partial charge in [-0.05, 0) is 39.6 Å². The van der Waals surface area contributed by atoms with E-state index in [-0.39, 0.29) is 0 Å². The first-order valence-electron chi connectivity index (χ1n) is 26.7. The Morgan fingerprint density at radius 1 is 0.344 bits per heavy atom. The smallest absolute Gasteiger partial charge is 0.303 e. The summed E-state index contributed by atoms with van der Waals surface area (Å²) in [6.45, 7) is 5.66. The van der Waals surface area contributed by atoms with E-state index in [1.54, 1.807) is 0 Å². The highest BCUT2D eigenvalue weighted by Gasteiger charge is 2.60. The van der Waals surface area contributed by atoms with Crippen LogP contribution < -0.4 is 0 Å². The van der Waals surface area contributed by atoms with Crippen LogP contribution >= 0.6 is 0 Å². The van der Waals surface area contributed by atoms with Gasteiger partial charge in [-0.3, -0.25) is 43.2 Å². The number of esters is 9. The second kappa shape index (κ2) is 33.9. The molecule has 1 saturated carbocycles. The van der Waals surface area contributed by atoms with E-state index in [1.165, 1.54) is 0 Å². The third-order valence-corrected chi connectivity index (χ3v) is 13.2. The number of hydrogen-bond acceptors (Lipinski definition) is 32. The minimum Gasteiger partial charge on any atom is -0.463 e. The summed E-state index contributed by atoms with van der Waals surface area (Å²) in [6, 6.07) is -7.10. The van der Waals surface area contributed by atoms with Crippen molar-refractivity contribution in [2.45, 2.75) is 210 Å². The van der Waals surface area contributed by atoms with Crippen LogP contribution in [0.5, 0.6) is 0 Å². The minimum atomic E-state index is -2.21. The van der Waals surface area contributed by atoms with E-state index >= 15 is 0 Å². The summed E-state index contributed by atoms with van der Waals surface area (Å²) in [5.41, 5.74) is 58.5. The van der Waals surface area contributed by atoms with Crippen molar-refractivity contribution in [3.05, 3.63) is 62.7 Å². The molecular weight excluding hydrogens is 1220 g/mol. The van der Waals surface area contributed by atoms with Gasteiger partial charge in [-0.2, -0.15) is 0 Å². The van der Waals surface area contributed by atoms with Crippen LogP contribution in [0.25, 0.3) is 62.7 Å². The van der Waals surface area contributed by atoms with Gasteiger partial charge < -0.3 is 80.5 Å². The van der Waals surface area contributed by atoms with Crippen LogP contribution in [0, 0.1) is 0 Å². The molecule has 4 heterocycles. The predicted octanol–water partition coefficient (Wildman–Crippen LogP) is 2.81. The van der Waals surface area contributed by atoms with Gasteiger partial charge in [-0.15, -0.1) is 0 Å². The summed E-state index contributed by atoms with van der Waals surface area (Å²) in [5, 5.41) is 22.0. The Labute approximate surface area is 505 Å². The minimum absolute atomic E-state index is 0.575. The predicted molar refractivity (Wildman–Crippen MR) is 281 cm³/mol. The Balaban J connectivity index is 1.77. The fourth-order valence-electron chi connectivity index (χ4n) is 10.3. The second-order valence-electron chi connectivity index (χ2n) is 19.7. The third-order valence-electron chi connectivity index (χ3n) is 13.2. The fraction of sp³-hybridized carbons (Fsp3) is 0.804. The van der Waals surface area contributed by atoms with E-state index in [9.17, 15) is 76.3 Å². The molecule has 44 nitrogen and oxygen atoms in total. The number of nitrogens with zero attached hydrogens (tertiary/aromatic N) is 18. The van der Waals surface area contributed by atoms with Crippen LogP contribution in [0.3, 0.4) is 0 Å². The molecule has 0 spiro atoms. The van der Waals surface area contributed by atoms with Crippen molar-refractivity contribution in [1.29, 1.82) is 0 Å². The van der Waals surface area contributed by atoms with E-state index in [4.69, 9.17) is 80.5 Å². The lowest BCUT2D eigenvalue weighted by molar-refractivity contribution is -0.309. The lowest BCUT2D eigenvalue weighted by Gasteiger charge is -2.48. The number of carbonyl (C=O) groups is 9. The molecule has 90 heavy (non-hydrogen) atoms. The van der Waals surface area contributed by atoms with Gasteiger partial charge in [0.05, 0.1) is 37.9 Å². The largest absolute Gasteiger partial charge is 0.463 e. The Morgan fingerprint density at radius 2 is 0.678 bits per heavy atom. The maximum absolute atomic E-state index is 13.5. The van der Waals surface area contributed by atoms with Crippen molar-refractivity contribution >= 4 is 53.7 Å². The van der Waals surface area contributed by atoms with Crippen LogP contribution in [0.2, 0.25) is 0 Å². The summed E-state index contributed by atoms with van der Waals surface area (Å²) in [7, 11) is 0. The van der Waals surface area contributed by atoms with Crippen molar-refractivity contribution in [2.24, 2.45) is 30.7 Å². The van der Waals surface area contributed by atoms with Gasteiger partial charge in [0.15, 0.2) is 67.9 Å². The summed E-state index contributed by atoms with van der Waals surface area (Å²) in [4.78, 5) is 131. The molecule has 4 saturated heterocycles. The maximum Gasteiger partial charge on any atom is 0.303 e. The summed E-state index contributed by atoms with van der Waals surface area (Å²) in [5.74, 6) is -9.06. The second-order valence-corrected chi connectivity index (χ2v) is 19.7. The van der Waals surface area contributed by atoms with E-state index < -0.39 is 227 Å². The Kier molecular flexibility index (Phi) is 27.0. The third kappa shape index (κ3) is 19.4. The summed E-state index contributed by atoms with van der Waals surface area (Å²) in [6.07, 6.45) is -35.6. The maximum atomic E-state index is 13.5. The van der Waals surface area contributed by atoms with E-state index in [2.05, 4.69) is 60.2 Å². The van der Waals surface area contributed by atoms with Crippen molar-refractivity contribution in [3.8, 4) is 0 Å². The lowest BCUT2D eigenvalue weighted by Crippen LogP contribution is -2.65. The molecule has 5 rings (SSSR count). The highest BCUT2D eigenvalue weighted by molar-refractivity contribution is 5.70. The molecule has 0 bridgehead atoms. The Morgan fingerprint density at radius 3 is 1.09 bits per heavy atom. The number of hydrogen-bond donors (Lipinski definition) is 0. The number of azide groups is 6. The molecule has 0 aromatic carbocycles. The molecular formula is C46H60N18O26. The van der Waals surface area contributed by atoms with Gasteiger partial charge in [-0.1, -0.05) is 30.7 Å². The van der Waals surface area contributed by atoms with Crippen LogP contribution in [0.1, 0.15) is 68.7 Å². The van der Waals surface area contributed by atoms with Gasteiger partial charge >= 0.3 is 53.7 Å². The molecule has 1 aliphatic carbocycles. The molecule has 0 aromatic rings. The molecule has 8 unspecified atom stereocenters. The first-order chi connectivity index (χ1) is 42.8. The Hall–Kier alpha value is -9.23. The van der Waals surface area contributed by atoms with Crippen LogP contribution in [0.4, 0.5) is 0 Å². The van der Waals surface area contributed by atoms with Gasteiger partial charge in [0.1, 0.15) is 61.4 Å². The molecule has 4 aliphatic heterocycles. The standard InChI is InChI=1S/C46H60N18O26/c1-15(65)74-13-28-36(79-19(5)69)41(82-22(8)72)45(86-28)75-14-29-37(89-44-31(58-64-52)39(81-21(7)71)35(78-18(4)68)27(85-44)12-54-60-48)42(83-23(9)73)46(87-29)90-40-32(76-16(2)66)24(55-61-49)10-25(56-62-50)33(40)88-43-30(57-63-51)38(80-20(6)70)34(77-17(3)67)26(84-43)11-53-59-47/h24-46H,10-14H2,1-9H3/t24-,25?,26?,27-,28+,29+,30?,31?,32?,33+,34+,35+,36+,37-,38+,39?,40+,41?,42?,43+,44+,45+,46-/m0/s1. The van der Waals surface area contributed by atoms with E-state index in [0.29, 0.717) is 0 Å². The zero-order valence-corrected chi connectivity index (χ0v) is 49.0. The summed E-state index contributed by atoms with van der Waals surface area (Å²) < 4.78 is 100. The van der Waals surface area contributed by atoms with Crippen LogP contribution in [0.15, 0.2) is 30.7 Å². The van der Waals surface area contributed by atoms with E-state index in [1.807, 2.05) is 0 Å². The lowest BCUT2D eigenvalue weighted by atomic mass is 9.83. The molecule has 5 fully saturated rings. The average Bonchev–Trinajstić information content (AvgIpc) is 1.16. The SMILES string of the molecule is CC(=O)OC[C@H]1O[C@@H](OC[C@H]2O[C@@H](O[C@@H]3C(OC(C)=O)[C@@H](N=[N+]=[N-])CC(N=[N+]=[N-])[C@H]3O[C@H]3OC(CN=[N+]=[N-])[C@@H](OC(C)=O)[C@H](OC(C)=O)C3N=[N+]=[N-])C(OC(C)=O)[C@H]2O[C@H]2O[C@@H](CN=[N+]=[N-])[C@@H](OC(C)=O)C(OC(C)=O)C2N=[N+]=[N-])C(OC(C)=O)[C@@H]1OC(C)=O. The van der Waals surface area contributed by atoms with Crippen LogP contribution in [-0.4, -0.2) is 221 Å². The first-order valence-corrected chi connectivity index (χ1v) is 26.7. The molecule has 490 valence electrons. The molecule has 44 heteroatoms. The van der Waals surface area contributed by atoms with Gasteiger partial charge in [0.2, 0.25) is 0 Å². The van der Waals surface area contributed by atoms with Crippen molar-refractivity contribution in [1.82, 2.24) is 0 Å². The van der Waals surface area contributed by atoms with Gasteiger partial charge in [-0.25, -0.2) is 0 Å². The average molecular weight is 1280 g/mol. The van der Waals surface area contributed by atoms with E-state index in [0.717, 1.165) is 62.3 Å². The van der Waals surface area contributed by atoms with Crippen LogP contribution in [-0.2, 0) is 124 Å². The fourth-order valence-corrected chi connectivity index (χ4v) is 10.3. The monoisotopic (exact) mass is 1280 g/mol. The normalized spacial score (nSPS) is 34.0. The number of ether oxygens (including phenoxy) is 17. The number of rotatable bonds is 27. The van der Waals surface area contributed by atoms with Crippen molar-refractivity contribution in [2.75, 3.05) is 26.3 Å². The summed E-state index contributed by atoms with van der Waals surface area (Å²) >= 11 is 0. The first kappa shape index (κ1) is 71.5. The zero-order chi connectivity index (χ0) is 66.5. The number of carbonyl (C=O) groups excluding carboxylic acids is 9. The molecule has 0 aromatic heterocycles. The topological polar surface area (TPSA) is 603 Å². The van der Waals surface area contributed by atoms with Gasteiger partial charge in [0, 0.05) is 91.8 Å².